The van der Waals surface area contributed by atoms with Crippen LogP contribution < -0.4 is 0 Å². The second kappa shape index (κ2) is 3.37. The molecule has 0 aliphatic carbocycles. The summed E-state index contributed by atoms with van der Waals surface area (Å²) < 4.78 is 6.78. The second-order valence-electron chi connectivity index (χ2n) is 2.09. The van der Waals surface area contributed by atoms with Gasteiger partial charge in [-0.1, -0.05) is 6.92 Å². The van der Waals surface area contributed by atoms with E-state index in [9.17, 15) is 0 Å². The fourth-order valence-corrected chi connectivity index (χ4v) is 0.899. The Labute approximate surface area is 60.6 Å². The van der Waals surface area contributed by atoms with Crippen molar-refractivity contribution < 1.29 is 4.74 Å². The van der Waals surface area contributed by atoms with Gasteiger partial charge in [-0.15, -0.1) is 0 Å². The topological polar surface area (TPSA) is 27.1 Å². The summed E-state index contributed by atoms with van der Waals surface area (Å²) in [6.45, 7) is 2.65. The van der Waals surface area contributed by atoms with Gasteiger partial charge in [-0.25, -0.2) is 4.68 Å². The lowest BCUT2D eigenvalue weighted by Gasteiger charge is -2.02. The molecule has 0 atom stereocenters. The van der Waals surface area contributed by atoms with Crippen molar-refractivity contribution in [2.24, 2.45) is 0 Å². The molecular weight excluding hydrogens is 128 g/mol. The average Bonchev–Trinajstić information content (AvgIpc) is 2.36. The molecule has 0 aliphatic rings. The fourth-order valence-electron chi connectivity index (χ4n) is 0.899. The molecule has 1 heterocycles. The Morgan fingerprint density at radius 1 is 1.70 bits per heavy atom. The Bertz CT molecular complexity index is 195. The number of methoxy groups -OCH3 is 1. The van der Waals surface area contributed by atoms with Crippen molar-refractivity contribution in [3.05, 3.63) is 18.0 Å². The minimum absolute atomic E-state index is 0.552. The van der Waals surface area contributed by atoms with E-state index >= 15 is 0 Å². The first-order valence-corrected chi connectivity index (χ1v) is 3.38. The number of rotatable bonds is 3. The minimum atomic E-state index is 0.552. The van der Waals surface area contributed by atoms with E-state index in [0.29, 0.717) is 6.73 Å². The van der Waals surface area contributed by atoms with Gasteiger partial charge < -0.3 is 4.74 Å². The van der Waals surface area contributed by atoms with Gasteiger partial charge in [-0.05, 0) is 12.5 Å². The smallest absolute Gasteiger partial charge is 0.139 e. The predicted octanol–water partition coefficient (Wildman–Crippen LogP) is 1.05. The Balaban J connectivity index is 2.70. The number of nitrogens with zero attached hydrogens (tertiary/aromatic N) is 2. The first kappa shape index (κ1) is 7.28. The molecule has 0 aromatic carbocycles. The molecule has 0 fully saturated rings. The monoisotopic (exact) mass is 140 g/mol. The molecular formula is C7H12N2O. The van der Waals surface area contributed by atoms with Gasteiger partial charge in [0.15, 0.2) is 0 Å². The molecule has 1 aromatic rings. The number of aryl methyl sites for hydroxylation is 1. The highest BCUT2D eigenvalue weighted by Gasteiger charge is 1.96. The van der Waals surface area contributed by atoms with E-state index in [1.807, 2.05) is 10.7 Å². The van der Waals surface area contributed by atoms with Gasteiger partial charge in [0.25, 0.3) is 0 Å². The van der Waals surface area contributed by atoms with Crippen molar-refractivity contribution >= 4 is 0 Å². The van der Waals surface area contributed by atoms with Gasteiger partial charge in [0, 0.05) is 19.0 Å². The third-order valence-electron chi connectivity index (χ3n) is 1.42. The van der Waals surface area contributed by atoms with Crippen LogP contribution in [0, 0.1) is 0 Å². The molecule has 3 nitrogen and oxygen atoms in total. The van der Waals surface area contributed by atoms with Gasteiger partial charge in [0.1, 0.15) is 6.73 Å². The minimum Gasteiger partial charge on any atom is -0.362 e. The SMILES string of the molecule is CCc1ccnn1COC. The van der Waals surface area contributed by atoms with Crippen LogP contribution in [0.25, 0.3) is 0 Å². The van der Waals surface area contributed by atoms with Gasteiger partial charge in [0.05, 0.1) is 0 Å². The van der Waals surface area contributed by atoms with Gasteiger partial charge in [-0.2, -0.15) is 5.10 Å². The summed E-state index contributed by atoms with van der Waals surface area (Å²) in [5.41, 5.74) is 1.21. The summed E-state index contributed by atoms with van der Waals surface area (Å²) in [5, 5.41) is 4.07. The molecule has 10 heavy (non-hydrogen) atoms. The molecule has 1 rings (SSSR count). The summed E-state index contributed by atoms with van der Waals surface area (Å²) >= 11 is 0. The summed E-state index contributed by atoms with van der Waals surface area (Å²) in [4.78, 5) is 0. The lowest BCUT2D eigenvalue weighted by Crippen LogP contribution is -2.05. The zero-order valence-electron chi connectivity index (χ0n) is 6.37. The van der Waals surface area contributed by atoms with Crippen molar-refractivity contribution in [3.63, 3.8) is 0 Å². The van der Waals surface area contributed by atoms with Crippen LogP contribution in [-0.2, 0) is 17.9 Å². The number of ether oxygens (including phenoxy) is 1. The van der Waals surface area contributed by atoms with E-state index in [4.69, 9.17) is 4.74 Å². The summed E-state index contributed by atoms with van der Waals surface area (Å²) in [6, 6.07) is 2.00. The molecule has 0 unspecified atom stereocenters. The molecule has 0 radical (unpaired) electrons. The molecule has 0 saturated heterocycles. The first-order chi connectivity index (χ1) is 4.88. The lowest BCUT2D eigenvalue weighted by atomic mass is 10.3. The zero-order valence-corrected chi connectivity index (χ0v) is 6.37. The highest BCUT2D eigenvalue weighted by molar-refractivity contribution is 4.98. The van der Waals surface area contributed by atoms with Crippen molar-refractivity contribution in [1.29, 1.82) is 0 Å². The normalized spacial score (nSPS) is 10.2. The van der Waals surface area contributed by atoms with Crippen LogP contribution >= 0.6 is 0 Å². The van der Waals surface area contributed by atoms with Crippen molar-refractivity contribution in [2.75, 3.05) is 7.11 Å². The van der Waals surface area contributed by atoms with Crippen LogP contribution in [-0.4, -0.2) is 16.9 Å². The molecule has 3 heteroatoms. The summed E-state index contributed by atoms with van der Waals surface area (Å²) in [5.74, 6) is 0. The van der Waals surface area contributed by atoms with E-state index < -0.39 is 0 Å². The van der Waals surface area contributed by atoms with E-state index in [1.165, 1.54) is 5.69 Å². The lowest BCUT2D eigenvalue weighted by molar-refractivity contribution is 0.118. The van der Waals surface area contributed by atoms with E-state index in [1.54, 1.807) is 13.3 Å². The quantitative estimate of drug-likeness (QED) is 0.627. The Morgan fingerprint density at radius 2 is 2.50 bits per heavy atom. The molecule has 0 saturated carbocycles. The molecule has 0 aliphatic heterocycles. The van der Waals surface area contributed by atoms with Crippen molar-refractivity contribution in [3.8, 4) is 0 Å². The number of hydrogen-bond acceptors (Lipinski definition) is 2. The molecule has 56 valence electrons. The maximum atomic E-state index is 4.93. The van der Waals surface area contributed by atoms with Crippen LogP contribution in [0.3, 0.4) is 0 Å². The van der Waals surface area contributed by atoms with Crippen molar-refractivity contribution in [2.45, 2.75) is 20.1 Å². The first-order valence-electron chi connectivity index (χ1n) is 3.38. The number of hydrogen-bond donors (Lipinski definition) is 0. The number of aromatic nitrogens is 2. The predicted molar refractivity (Wildman–Crippen MR) is 38.6 cm³/mol. The third-order valence-corrected chi connectivity index (χ3v) is 1.42. The van der Waals surface area contributed by atoms with Crippen molar-refractivity contribution in [1.82, 2.24) is 9.78 Å². The fraction of sp³-hybridized carbons (Fsp3) is 0.571. The van der Waals surface area contributed by atoms with Gasteiger partial charge >= 0.3 is 0 Å². The van der Waals surface area contributed by atoms with Crippen LogP contribution in [0.1, 0.15) is 12.6 Å². The highest BCUT2D eigenvalue weighted by atomic mass is 16.5. The highest BCUT2D eigenvalue weighted by Crippen LogP contribution is 1.98. The van der Waals surface area contributed by atoms with Gasteiger partial charge in [0.2, 0.25) is 0 Å². The third kappa shape index (κ3) is 1.36. The molecule has 0 spiro atoms. The van der Waals surface area contributed by atoms with Crippen LogP contribution in [0.2, 0.25) is 0 Å². The van der Waals surface area contributed by atoms with Crippen LogP contribution in [0.5, 0.6) is 0 Å². The summed E-state index contributed by atoms with van der Waals surface area (Å²) in [6.07, 6.45) is 2.79. The van der Waals surface area contributed by atoms with Gasteiger partial charge in [-0.3, -0.25) is 0 Å². The molecule has 1 aromatic heterocycles. The Morgan fingerprint density at radius 3 is 3.10 bits per heavy atom. The second-order valence-corrected chi connectivity index (χ2v) is 2.09. The van der Waals surface area contributed by atoms with E-state index in [-0.39, 0.29) is 0 Å². The Kier molecular flexibility index (Phi) is 2.45. The Hall–Kier alpha value is -0.830. The molecule has 0 N–H and O–H groups in total. The zero-order chi connectivity index (χ0) is 7.40. The largest absolute Gasteiger partial charge is 0.362 e. The van der Waals surface area contributed by atoms with E-state index in [2.05, 4.69) is 12.0 Å². The standard InChI is InChI=1S/C7H12N2O/c1-3-7-4-5-8-9(7)6-10-2/h4-5H,3,6H2,1-2H3. The van der Waals surface area contributed by atoms with Crippen LogP contribution in [0.15, 0.2) is 12.3 Å². The maximum absolute atomic E-state index is 4.93. The van der Waals surface area contributed by atoms with E-state index in [0.717, 1.165) is 6.42 Å². The maximum Gasteiger partial charge on any atom is 0.139 e. The molecule has 0 amide bonds. The molecule has 0 bridgehead atoms. The van der Waals surface area contributed by atoms with Crippen LogP contribution in [0.4, 0.5) is 0 Å². The summed E-state index contributed by atoms with van der Waals surface area (Å²) in [7, 11) is 1.67. The average molecular weight is 140 g/mol.